The van der Waals surface area contributed by atoms with E-state index >= 15 is 0 Å². The molecule has 9 heteroatoms. The van der Waals surface area contributed by atoms with Crippen molar-refractivity contribution in [2.75, 3.05) is 38.2 Å². The molecule has 8 nitrogen and oxygen atoms in total. The van der Waals surface area contributed by atoms with Crippen molar-refractivity contribution in [2.45, 2.75) is 6.67 Å². The van der Waals surface area contributed by atoms with Crippen LogP contribution >= 0.6 is 12.2 Å². The molecule has 148 valence electrons. The van der Waals surface area contributed by atoms with E-state index in [9.17, 15) is 5.26 Å². The number of anilines is 1. The highest BCUT2D eigenvalue weighted by Gasteiger charge is 2.21. The second kappa shape index (κ2) is 8.43. The predicted octanol–water partition coefficient (Wildman–Crippen LogP) is 2.93. The fraction of sp³-hybridized carbons (Fsp3) is 0.300. The van der Waals surface area contributed by atoms with Crippen molar-refractivity contribution < 1.29 is 9.15 Å². The van der Waals surface area contributed by atoms with E-state index in [0.717, 1.165) is 43.3 Å². The van der Waals surface area contributed by atoms with Crippen LogP contribution < -0.4 is 9.64 Å². The number of rotatable bonds is 5. The van der Waals surface area contributed by atoms with Crippen LogP contribution in [-0.2, 0) is 6.67 Å². The summed E-state index contributed by atoms with van der Waals surface area (Å²) in [5.74, 6) is 2.01. The first-order valence-electron chi connectivity index (χ1n) is 9.23. The van der Waals surface area contributed by atoms with E-state index in [4.69, 9.17) is 21.4 Å². The molecule has 3 aromatic rings. The molecule has 0 radical (unpaired) electrons. The summed E-state index contributed by atoms with van der Waals surface area (Å²) in [6, 6.07) is 13.3. The summed E-state index contributed by atoms with van der Waals surface area (Å²) in [5.41, 5.74) is 1.45. The summed E-state index contributed by atoms with van der Waals surface area (Å²) in [7, 11) is 1.63. The van der Waals surface area contributed by atoms with Crippen LogP contribution in [0.4, 0.5) is 5.82 Å². The van der Waals surface area contributed by atoms with Gasteiger partial charge in [-0.15, -0.1) is 5.10 Å². The molecule has 0 atom stereocenters. The molecule has 0 spiro atoms. The molecule has 2 aromatic heterocycles. The molecule has 0 saturated carbocycles. The Bertz CT molecular complexity index is 1080. The molecule has 1 fully saturated rings. The average molecular weight is 408 g/mol. The van der Waals surface area contributed by atoms with Crippen LogP contribution in [0.25, 0.3) is 11.5 Å². The molecule has 0 amide bonds. The number of methoxy groups -OCH3 is 1. The van der Waals surface area contributed by atoms with Crippen LogP contribution in [0.15, 0.2) is 47.0 Å². The van der Waals surface area contributed by atoms with E-state index in [1.807, 2.05) is 24.3 Å². The first-order chi connectivity index (χ1) is 14.2. The zero-order valence-electron chi connectivity index (χ0n) is 16.0. The second-order valence-corrected chi connectivity index (χ2v) is 6.98. The van der Waals surface area contributed by atoms with Crippen molar-refractivity contribution in [1.82, 2.24) is 19.7 Å². The van der Waals surface area contributed by atoms with Crippen molar-refractivity contribution in [2.24, 2.45) is 0 Å². The monoisotopic (exact) mass is 408 g/mol. The largest absolute Gasteiger partial charge is 0.497 e. The minimum atomic E-state index is 0.342. The molecular formula is C20H20N6O2S. The van der Waals surface area contributed by atoms with Crippen LogP contribution in [-0.4, -0.2) is 53.0 Å². The normalized spacial score (nSPS) is 14.6. The molecule has 0 bridgehead atoms. The molecular weight excluding hydrogens is 388 g/mol. The third-order valence-corrected chi connectivity index (χ3v) is 5.15. The molecule has 0 unspecified atom stereocenters. The van der Waals surface area contributed by atoms with Gasteiger partial charge in [-0.05, 0) is 48.6 Å². The lowest BCUT2D eigenvalue weighted by molar-refractivity contribution is 0.192. The van der Waals surface area contributed by atoms with Gasteiger partial charge in [0.2, 0.25) is 5.89 Å². The van der Waals surface area contributed by atoms with Crippen molar-refractivity contribution in [3.8, 4) is 23.3 Å². The van der Waals surface area contributed by atoms with Gasteiger partial charge in [0.05, 0.1) is 19.3 Å². The van der Waals surface area contributed by atoms with Crippen LogP contribution in [0, 0.1) is 16.2 Å². The van der Waals surface area contributed by atoms with E-state index < -0.39 is 0 Å². The molecule has 4 rings (SSSR count). The maximum Gasteiger partial charge on any atom is 0.288 e. The first-order valence-corrected chi connectivity index (χ1v) is 9.63. The summed E-state index contributed by atoms with van der Waals surface area (Å²) in [5, 5.41) is 13.8. The molecule has 3 heterocycles. The molecule has 1 aromatic carbocycles. The maximum atomic E-state index is 9.28. The Morgan fingerprint density at radius 3 is 2.62 bits per heavy atom. The third kappa shape index (κ3) is 4.13. The maximum absolute atomic E-state index is 9.28. The number of piperazine rings is 1. The van der Waals surface area contributed by atoms with Crippen molar-refractivity contribution in [3.05, 3.63) is 53.0 Å². The molecule has 29 heavy (non-hydrogen) atoms. The van der Waals surface area contributed by atoms with Gasteiger partial charge < -0.3 is 14.1 Å². The Kier molecular flexibility index (Phi) is 5.55. The highest BCUT2D eigenvalue weighted by atomic mass is 32.1. The molecule has 1 aliphatic heterocycles. The summed E-state index contributed by atoms with van der Waals surface area (Å²) >= 11 is 5.35. The predicted molar refractivity (Wildman–Crippen MR) is 110 cm³/mol. The zero-order chi connectivity index (χ0) is 20.2. The Labute approximate surface area is 173 Å². The number of aromatic nitrogens is 3. The van der Waals surface area contributed by atoms with Gasteiger partial charge in [-0.3, -0.25) is 4.90 Å². The van der Waals surface area contributed by atoms with Crippen molar-refractivity contribution >= 4 is 18.0 Å². The van der Waals surface area contributed by atoms with E-state index in [1.165, 1.54) is 0 Å². The number of benzene rings is 1. The van der Waals surface area contributed by atoms with Gasteiger partial charge >= 0.3 is 0 Å². The lowest BCUT2D eigenvalue weighted by Crippen LogP contribution is -2.47. The summed E-state index contributed by atoms with van der Waals surface area (Å²) in [6.07, 6.45) is 1.72. The number of nitrogens with zero attached hydrogens (tertiary/aromatic N) is 6. The smallest absolute Gasteiger partial charge is 0.288 e. The highest BCUT2D eigenvalue weighted by Crippen LogP contribution is 2.22. The van der Waals surface area contributed by atoms with Gasteiger partial charge in [-0.1, -0.05) is 0 Å². The Morgan fingerprint density at radius 1 is 1.17 bits per heavy atom. The van der Waals surface area contributed by atoms with Gasteiger partial charge in [-0.25, -0.2) is 9.67 Å². The standard InChI is InChI=1S/C20H20N6O2S/c1-27-17-6-4-15(5-7-17)19-23-26(20(29)28-19)14-24-9-11-25(12-10-24)18-16(13-21)3-2-8-22-18/h2-8H,9-12,14H2,1H3. The molecule has 0 N–H and O–H groups in total. The number of hydrogen-bond donors (Lipinski definition) is 0. The van der Waals surface area contributed by atoms with Gasteiger partial charge in [0.1, 0.15) is 17.6 Å². The Hall–Kier alpha value is -3.22. The number of hydrogen-bond acceptors (Lipinski definition) is 8. The van der Waals surface area contributed by atoms with Crippen LogP contribution in [0.5, 0.6) is 5.75 Å². The van der Waals surface area contributed by atoms with Crippen LogP contribution in [0.2, 0.25) is 0 Å². The van der Waals surface area contributed by atoms with E-state index in [-0.39, 0.29) is 0 Å². The molecule has 1 saturated heterocycles. The SMILES string of the molecule is COc1ccc(-c2nn(CN3CCN(c4ncccc4C#N)CC3)c(=S)o2)cc1. The Morgan fingerprint density at radius 2 is 1.93 bits per heavy atom. The van der Waals surface area contributed by atoms with Crippen molar-refractivity contribution in [1.29, 1.82) is 5.26 Å². The van der Waals surface area contributed by atoms with Crippen LogP contribution in [0.1, 0.15) is 5.56 Å². The van der Waals surface area contributed by atoms with Gasteiger partial charge in [0, 0.05) is 37.9 Å². The first kappa shape index (κ1) is 19.1. The van der Waals surface area contributed by atoms with E-state index in [2.05, 4.69) is 26.0 Å². The number of ether oxygens (including phenoxy) is 1. The van der Waals surface area contributed by atoms with Crippen LogP contribution in [0.3, 0.4) is 0 Å². The second-order valence-electron chi connectivity index (χ2n) is 6.63. The number of nitriles is 1. The van der Waals surface area contributed by atoms with E-state index in [0.29, 0.717) is 23.0 Å². The van der Waals surface area contributed by atoms with E-state index in [1.54, 1.807) is 30.1 Å². The topological polar surface area (TPSA) is 83.4 Å². The lowest BCUT2D eigenvalue weighted by Gasteiger charge is -2.35. The lowest BCUT2D eigenvalue weighted by atomic mass is 10.2. The minimum Gasteiger partial charge on any atom is -0.497 e. The third-order valence-electron chi connectivity index (χ3n) is 4.86. The Balaban J connectivity index is 1.41. The fourth-order valence-corrected chi connectivity index (χ4v) is 3.45. The molecule has 0 aliphatic carbocycles. The fourth-order valence-electron chi connectivity index (χ4n) is 3.27. The molecule has 1 aliphatic rings. The van der Waals surface area contributed by atoms with Gasteiger partial charge in [0.15, 0.2) is 0 Å². The average Bonchev–Trinajstić information content (AvgIpc) is 3.14. The minimum absolute atomic E-state index is 0.342. The van der Waals surface area contributed by atoms with Crippen molar-refractivity contribution in [3.63, 3.8) is 0 Å². The highest BCUT2D eigenvalue weighted by molar-refractivity contribution is 7.71. The van der Waals surface area contributed by atoms with Gasteiger partial charge in [0.25, 0.3) is 4.84 Å². The summed E-state index contributed by atoms with van der Waals surface area (Å²) < 4.78 is 12.6. The number of pyridine rings is 1. The van der Waals surface area contributed by atoms with Gasteiger partial charge in [-0.2, -0.15) is 5.26 Å². The summed E-state index contributed by atoms with van der Waals surface area (Å²) in [6.45, 7) is 3.74. The zero-order valence-corrected chi connectivity index (χ0v) is 16.8. The summed E-state index contributed by atoms with van der Waals surface area (Å²) in [4.78, 5) is 9.11. The quantitative estimate of drug-likeness (QED) is 0.596.